The number of halogens is 1. The Morgan fingerprint density at radius 2 is 2.04 bits per heavy atom. The summed E-state index contributed by atoms with van der Waals surface area (Å²) >= 11 is 7.55. The highest BCUT2D eigenvalue weighted by atomic mass is 35.5. The van der Waals surface area contributed by atoms with Crippen molar-refractivity contribution in [1.29, 1.82) is 0 Å². The second-order valence-corrected chi connectivity index (χ2v) is 6.41. The second-order valence-electron chi connectivity index (χ2n) is 5.06. The minimum absolute atomic E-state index is 0.269. The number of ether oxygens (including phenoxy) is 1. The maximum absolute atomic E-state index is 12.6. The predicted molar refractivity (Wildman–Crippen MR) is 95.3 cm³/mol. The molecule has 24 heavy (non-hydrogen) atoms. The lowest BCUT2D eigenvalue weighted by molar-refractivity contribution is -0.136. The Labute approximate surface area is 148 Å². The third-order valence-electron chi connectivity index (χ3n) is 3.67. The molecule has 1 aromatic carbocycles. The maximum Gasteiger partial charge on any atom is 0.278 e. The summed E-state index contributed by atoms with van der Waals surface area (Å²) in [7, 11) is 1.53. The van der Waals surface area contributed by atoms with Gasteiger partial charge in [-0.05, 0) is 36.6 Å². The molecule has 0 aliphatic carbocycles. The topological polar surface area (TPSA) is 58.6 Å². The van der Waals surface area contributed by atoms with Gasteiger partial charge in [0.2, 0.25) is 0 Å². The van der Waals surface area contributed by atoms with Crippen LogP contribution in [0.4, 0.5) is 5.69 Å². The van der Waals surface area contributed by atoms with E-state index in [9.17, 15) is 9.59 Å². The first-order chi connectivity index (χ1) is 11.6. The first kappa shape index (κ1) is 16.5. The van der Waals surface area contributed by atoms with Crippen LogP contribution in [0.1, 0.15) is 11.8 Å². The van der Waals surface area contributed by atoms with Crippen LogP contribution in [-0.4, -0.2) is 30.4 Å². The number of imide groups is 1. The van der Waals surface area contributed by atoms with E-state index in [2.05, 4.69) is 5.32 Å². The summed E-state index contributed by atoms with van der Waals surface area (Å²) in [5.74, 6) is -0.0800. The molecule has 0 spiro atoms. The second kappa shape index (κ2) is 6.67. The lowest BCUT2D eigenvalue weighted by atomic mass is 10.2. The number of rotatable bonds is 5. The SMILES string of the molecule is CCN1C(=O)C(Nc2ccc(OC)c(Cl)c2)=C(c2cccs2)C1=O. The van der Waals surface area contributed by atoms with Gasteiger partial charge in [-0.25, -0.2) is 0 Å². The third kappa shape index (κ3) is 2.79. The van der Waals surface area contributed by atoms with Gasteiger partial charge in [0.25, 0.3) is 11.8 Å². The fourth-order valence-corrected chi connectivity index (χ4v) is 3.54. The third-order valence-corrected chi connectivity index (χ3v) is 4.86. The number of hydrogen-bond donors (Lipinski definition) is 1. The molecule has 0 unspecified atom stereocenters. The van der Waals surface area contributed by atoms with Gasteiger partial charge in [0.1, 0.15) is 11.4 Å². The zero-order valence-electron chi connectivity index (χ0n) is 13.1. The molecule has 1 N–H and O–H groups in total. The van der Waals surface area contributed by atoms with Crippen molar-refractivity contribution in [2.75, 3.05) is 19.0 Å². The van der Waals surface area contributed by atoms with Gasteiger partial charge in [-0.15, -0.1) is 11.3 Å². The number of nitrogens with zero attached hydrogens (tertiary/aromatic N) is 1. The van der Waals surface area contributed by atoms with Crippen LogP contribution in [0.2, 0.25) is 5.02 Å². The number of likely N-dealkylation sites (N-methyl/N-ethyl adjacent to an activating group) is 1. The Bertz CT molecular complexity index is 830. The number of methoxy groups -OCH3 is 1. The van der Waals surface area contributed by atoms with E-state index in [-0.39, 0.29) is 17.5 Å². The summed E-state index contributed by atoms with van der Waals surface area (Å²) in [6.45, 7) is 2.09. The van der Waals surface area contributed by atoms with Gasteiger partial charge in [0.05, 0.1) is 17.7 Å². The molecule has 0 saturated carbocycles. The highest BCUT2D eigenvalue weighted by Gasteiger charge is 2.38. The number of carbonyl (C=O) groups excluding carboxylic acids is 2. The number of amides is 2. The highest BCUT2D eigenvalue weighted by molar-refractivity contribution is 7.11. The molecule has 1 aliphatic heterocycles. The first-order valence-corrected chi connectivity index (χ1v) is 8.57. The minimum Gasteiger partial charge on any atom is -0.495 e. The molecule has 7 heteroatoms. The van der Waals surface area contributed by atoms with Gasteiger partial charge in [-0.1, -0.05) is 17.7 Å². The molecule has 2 aromatic rings. The van der Waals surface area contributed by atoms with Crippen molar-refractivity contribution in [2.24, 2.45) is 0 Å². The predicted octanol–water partition coefficient (Wildman–Crippen LogP) is 3.62. The van der Waals surface area contributed by atoms with Crippen molar-refractivity contribution in [3.05, 3.63) is 51.3 Å². The van der Waals surface area contributed by atoms with E-state index in [4.69, 9.17) is 16.3 Å². The summed E-state index contributed by atoms with van der Waals surface area (Å²) in [5, 5.41) is 5.34. The van der Waals surface area contributed by atoms with E-state index in [1.807, 2.05) is 17.5 Å². The fraction of sp³-hybridized carbons (Fsp3) is 0.176. The molecule has 0 bridgehead atoms. The normalized spacial score (nSPS) is 14.5. The number of anilines is 1. The average Bonchev–Trinajstić information content (AvgIpc) is 3.15. The molecule has 0 saturated heterocycles. The van der Waals surface area contributed by atoms with Crippen molar-refractivity contribution in [3.8, 4) is 5.75 Å². The monoisotopic (exact) mass is 362 g/mol. The number of carbonyl (C=O) groups is 2. The summed E-state index contributed by atoms with van der Waals surface area (Å²) < 4.78 is 5.12. The highest BCUT2D eigenvalue weighted by Crippen LogP contribution is 2.34. The number of hydrogen-bond acceptors (Lipinski definition) is 5. The fourth-order valence-electron chi connectivity index (χ4n) is 2.52. The smallest absolute Gasteiger partial charge is 0.278 e. The van der Waals surface area contributed by atoms with Crippen LogP contribution in [0.3, 0.4) is 0 Å². The van der Waals surface area contributed by atoms with Gasteiger partial charge in [0.15, 0.2) is 0 Å². The lowest BCUT2D eigenvalue weighted by Gasteiger charge is -2.12. The molecule has 1 aromatic heterocycles. The van der Waals surface area contributed by atoms with Crippen molar-refractivity contribution in [1.82, 2.24) is 4.90 Å². The van der Waals surface area contributed by atoms with E-state index >= 15 is 0 Å². The Morgan fingerprint density at radius 1 is 1.25 bits per heavy atom. The zero-order chi connectivity index (χ0) is 17.3. The Morgan fingerprint density at radius 3 is 2.62 bits per heavy atom. The van der Waals surface area contributed by atoms with Crippen LogP contribution in [0, 0.1) is 0 Å². The molecular weight excluding hydrogens is 348 g/mol. The standard InChI is InChI=1S/C17H15ClN2O3S/c1-3-20-16(21)14(13-5-4-8-24-13)15(17(20)22)19-10-6-7-12(23-2)11(18)9-10/h4-9,19H,3H2,1-2H3. The molecular formula is C17H15ClN2O3S. The minimum atomic E-state index is -0.335. The zero-order valence-corrected chi connectivity index (χ0v) is 14.7. The van der Waals surface area contributed by atoms with E-state index in [0.717, 1.165) is 4.88 Å². The van der Waals surface area contributed by atoms with Crippen LogP contribution < -0.4 is 10.1 Å². The summed E-state index contributed by atoms with van der Waals surface area (Å²) in [6, 6.07) is 8.78. The molecule has 2 heterocycles. The van der Waals surface area contributed by atoms with Crippen LogP contribution >= 0.6 is 22.9 Å². The molecule has 0 radical (unpaired) electrons. The van der Waals surface area contributed by atoms with E-state index < -0.39 is 0 Å². The van der Waals surface area contributed by atoms with Crippen LogP contribution in [-0.2, 0) is 9.59 Å². The van der Waals surface area contributed by atoms with Crippen LogP contribution in [0.15, 0.2) is 41.4 Å². The lowest BCUT2D eigenvalue weighted by Crippen LogP contribution is -2.32. The molecule has 1 aliphatic rings. The van der Waals surface area contributed by atoms with Gasteiger partial charge in [0, 0.05) is 17.1 Å². The molecule has 0 fully saturated rings. The summed E-state index contributed by atoms with van der Waals surface area (Å²) in [6.07, 6.45) is 0. The molecule has 0 atom stereocenters. The van der Waals surface area contributed by atoms with E-state index in [1.165, 1.54) is 23.3 Å². The van der Waals surface area contributed by atoms with Crippen LogP contribution in [0.25, 0.3) is 5.57 Å². The van der Waals surface area contributed by atoms with Gasteiger partial charge in [-0.3, -0.25) is 14.5 Å². The molecule has 124 valence electrons. The molecule has 3 rings (SSSR count). The van der Waals surface area contributed by atoms with Crippen LogP contribution in [0.5, 0.6) is 5.75 Å². The molecule has 2 amide bonds. The maximum atomic E-state index is 12.6. The molecule has 5 nitrogen and oxygen atoms in total. The Kier molecular flexibility index (Phi) is 4.59. The number of benzene rings is 1. The summed E-state index contributed by atoms with van der Waals surface area (Å²) in [5.41, 5.74) is 1.28. The Balaban J connectivity index is 2.03. The average molecular weight is 363 g/mol. The first-order valence-electron chi connectivity index (χ1n) is 7.31. The van der Waals surface area contributed by atoms with E-state index in [0.29, 0.717) is 28.6 Å². The Hall–Kier alpha value is -2.31. The number of nitrogens with one attached hydrogen (secondary N) is 1. The quantitative estimate of drug-likeness (QED) is 0.825. The van der Waals surface area contributed by atoms with Crippen molar-refractivity contribution < 1.29 is 14.3 Å². The van der Waals surface area contributed by atoms with Gasteiger partial charge < -0.3 is 10.1 Å². The van der Waals surface area contributed by atoms with Gasteiger partial charge in [-0.2, -0.15) is 0 Å². The van der Waals surface area contributed by atoms with Crippen molar-refractivity contribution in [2.45, 2.75) is 6.92 Å². The van der Waals surface area contributed by atoms with Gasteiger partial charge >= 0.3 is 0 Å². The van der Waals surface area contributed by atoms with Crippen molar-refractivity contribution in [3.63, 3.8) is 0 Å². The largest absolute Gasteiger partial charge is 0.495 e. The summed E-state index contributed by atoms with van der Waals surface area (Å²) in [4.78, 5) is 27.2. The van der Waals surface area contributed by atoms with Crippen molar-refractivity contribution >= 4 is 46.0 Å². The number of thiophene rings is 1. The van der Waals surface area contributed by atoms with E-state index in [1.54, 1.807) is 25.1 Å².